The fourth-order valence-electron chi connectivity index (χ4n) is 2.88. The maximum Gasteiger partial charge on any atom is 0.518 e. The van der Waals surface area contributed by atoms with Crippen LogP contribution in [0, 0.1) is 5.92 Å². The van der Waals surface area contributed by atoms with Crippen molar-refractivity contribution in [2.45, 2.75) is 52.8 Å². The number of ether oxygens (including phenoxy) is 3. The number of rotatable bonds is 12. The molecule has 1 N–H and O–H groups in total. The third-order valence-electron chi connectivity index (χ3n) is 4.57. The van der Waals surface area contributed by atoms with Crippen molar-refractivity contribution >= 4 is 12.1 Å². The van der Waals surface area contributed by atoms with Crippen molar-refractivity contribution in [1.82, 2.24) is 5.32 Å². The van der Waals surface area contributed by atoms with E-state index in [0.29, 0.717) is 24.6 Å². The number of nitrogens with zero attached hydrogens (tertiary/aromatic N) is 1. The van der Waals surface area contributed by atoms with Gasteiger partial charge >= 0.3 is 6.16 Å². The Kier molecular flexibility index (Phi) is 10.8. The molecule has 0 atom stereocenters. The number of carbonyl (C=O) groups is 2. The Bertz CT molecular complexity index is 881. The SMILES string of the molecule is COc1cc(CNC(=O)CCCCC=CC(C)C)ccc1OC(=O)OC[n+]1ccccc1. The first-order valence-electron chi connectivity index (χ1n) is 10.9. The molecule has 0 spiro atoms. The van der Waals surface area contributed by atoms with Crippen LogP contribution in [0.25, 0.3) is 0 Å². The fraction of sp³-hybridized carbons (Fsp3) is 0.400. The summed E-state index contributed by atoms with van der Waals surface area (Å²) in [4.78, 5) is 24.0. The number of unbranched alkanes of at least 4 members (excludes halogenated alkanes) is 2. The van der Waals surface area contributed by atoms with E-state index in [4.69, 9.17) is 14.2 Å². The predicted molar refractivity (Wildman–Crippen MR) is 121 cm³/mol. The number of pyridine rings is 1. The average molecular weight is 442 g/mol. The van der Waals surface area contributed by atoms with Crippen molar-refractivity contribution in [2.75, 3.05) is 7.11 Å². The summed E-state index contributed by atoms with van der Waals surface area (Å²) in [7, 11) is 1.49. The molecule has 0 fully saturated rings. The van der Waals surface area contributed by atoms with Gasteiger partial charge in [0, 0.05) is 25.1 Å². The Hall–Kier alpha value is -3.35. The molecule has 1 amide bonds. The molecule has 7 heteroatoms. The molecule has 0 saturated heterocycles. The smallest absolute Gasteiger partial charge is 0.493 e. The molecule has 0 bridgehead atoms. The molecule has 0 unspecified atom stereocenters. The van der Waals surface area contributed by atoms with E-state index in [1.807, 2.05) is 18.2 Å². The standard InChI is InChI=1S/C25H32N2O5/c1-20(2)11-7-4-5-8-12-24(28)26-18-21-13-14-22(23(17-21)30-3)32-25(29)31-19-27-15-9-6-10-16-27/h6-7,9-11,13-17,20H,4-5,8,12,18-19H2,1-3H3/p+1. The molecule has 1 aromatic carbocycles. The molecule has 0 radical (unpaired) electrons. The van der Waals surface area contributed by atoms with E-state index >= 15 is 0 Å². The number of allylic oxidation sites excluding steroid dienone is 2. The summed E-state index contributed by atoms with van der Waals surface area (Å²) in [5.41, 5.74) is 0.843. The van der Waals surface area contributed by atoms with Crippen LogP contribution in [0.5, 0.6) is 11.5 Å². The molecule has 1 aromatic heterocycles. The summed E-state index contributed by atoms with van der Waals surface area (Å²) in [6.45, 7) is 4.71. The van der Waals surface area contributed by atoms with Gasteiger partial charge in [0.25, 0.3) is 6.73 Å². The van der Waals surface area contributed by atoms with Crippen LogP contribution in [-0.2, 0) is 22.8 Å². The van der Waals surface area contributed by atoms with Crippen molar-refractivity contribution in [3.8, 4) is 11.5 Å². The lowest BCUT2D eigenvalue weighted by Crippen LogP contribution is -2.35. The fourth-order valence-corrected chi connectivity index (χ4v) is 2.88. The number of nitrogens with one attached hydrogen (secondary N) is 1. The van der Waals surface area contributed by atoms with Gasteiger partial charge in [-0.15, -0.1) is 0 Å². The molecule has 0 aliphatic heterocycles. The van der Waals surface area contributed by atoms with Gasteiger partial charge in [-0.1, -0.05) is 38.1 Å². The number of benzene rings is 1. The second-order valence-electron chi connectivity index (χ2n) is 7.70. The number of amides is 1. The number of aromatic nitrogens is 1. The zero-order valence-corrected chi connectivity index (χ0v) is 19.1. The normalized spacial score (nSPS) is 10.9. The first-order valence-corrected chi connectivity index (χ1v) is 10.9. The maximum atomic E-state index is 12.1. The van der Waals surface area contributed by atoms with Gasteiger partial charge in [0.15, 0.2) is 23.9 Å². The quantitative estimate of drug-likeness (QED) is 0.172. The third kappa shape index (κ3) is 9.64. The van der Waals surface area contributed by atoms with Crippen LogP contribution in [0.15, 0.2) is 60.9 Å². The predicted octanol–water partition coefficient (Wildman–Crippen LogP) is 4.54. The number of hydrogen-bond acceptors (Lipinski definition) is 5. The molecule has 32 heavy (non-hydrogen) atoms. The monoisotopic (exact) mass is 441 g/mol. The molecule has 2 rings (SSSR count). The lowest BCUT2D eigenvalue weighted by molar-refractivity contribution is -0.727. The summed E-state index contributed by atoms with van der Waals surface area (Å²) in [6.07, 6.45) is 10.4. The summed E-state index contributed by atoms with van der Waals surface area (Å²) in [5, 5.41) is 2.91. The van der Waals surface area contributed by atoms with Gasteiger partial charge in [-0.2, -0.15) is 4.57 Å². The average Bonchev–Trinajstić information content (AvgIpc) is 2.79. The van der Waals surface area contributed by atoms with Gasteiger partial charge in [-0.05, 0) is 42.9 Å². The zero-order valence-electron chi connectivity index (χ0n) is 19.1. The van der Waals surface area contributed by atoms with Gasteiger partial charge in [0.2, 0.25) is 5.91 Å². The molecule has 0 saturated carbocycles. The van der Waals surface area contributed by atoms with Crippen LogP contribution in [0.3, 0.4) is 0 Å². The second-order valence-corrected chi connectivity index (χ2v) is 7.70. The van der Waals surface area contributed by atoms with E-state index in [-0.39, 0.29) is 18.4 Å². The van der Waals surface area contributed by atoms with Crippen LogP contribution in [0.2, 0.25) is 0 Å². The van der Waals surface area contributed by atoms with Crippen molar-refractivity contribution in [2.24, 2.45) is 5.92 Å². The molecule has 7 nitrogen and oxygen atoms in total. The Morgan fingerprint density at radius 3 is 2.59 bits per heavy atom. The van der Waals surface area contributed by atoms with Gasteiger partial charge in [0.1, 0.15) is 0 Å². The van der Waals surface area contributed by atoms with Crippen LogP contribution in [-0.4, -0.2) is 19.2 Å². The lowest BCUT2D eigenvalue weighted by atomic mass is 10.1. The number of hydrogen-bond donors (Lipinski definition) is 1. The van der Waals surface area contributed by atoms with E-state index in [2.05, 4.69) is 31.3 Å². The highest BCUT2D eigenvalue weighted by molar-refractivity contribution is 5.75. The minimum absolute atomic E-state index is 0.0131. The highest BCUT2D eigenvalue weighted by Gasteiger charge is 2.14. The van der Waals surface area contributed by atoms with Crippen LogP contribution >= 0.6 is 0 Å². The maximum absolute atomic E-state index is 12.1. The first kappa shape index (κ1) is 24.9. The molecule has 0 aliphatic carbocycles. The van der Waals surface area contributed by atoms with Crippen molar-refractivity contribution in [3.63, 3.8) is 0 Å². The highest BCUT2D eigenvalue weighted by atomic mass is 16.7. The number of carbonyl (C=O) groups excluding carboxylic acids is 2. The van der Waals surface area contributed by atoms with Crippen molar-refractivity contribution < 1.29 is 28.4 Å². The second kappa shape index (κ2) is 13.9. The van der Waals surface area contributed by atoms with Gasteiger partial charge in [0.05, 0.1) is 7.11 Å². The van der Waals surface area contributed by atoms with E-state index in [9.17, 15) is 9.59 Å². The lowest BCUT2D eigenvalue weighted by Gasteiger charge is -2.11. The Labute approximate surface area is 190 Å². The van der Waals surface area contributed by atoms with Crippen LogP contribution in [0.4, 0.5) is 4.79 Å². The van der Waals surface area contributed by atoms with Gasteiger partial charge in [-0.3, -0.25) is 4.79 Å². The molecular formula is C25H33N2O5+. The summed E-state index contributed by atoms with van der Waals surface area (Å²) in [6, 6.07) is 10.7. The largest absolute Gasteiger partial charge is 0.518 e. The van der Waals surface area contributed by atoms with Gasteiger partial charge in [-0.25, -0.2) is 4.79 Å². The van der Waals surface area contributed by atoms with Crippen molar-refractivity contribution in [1.29, 1.82) is 0 Å². The van der Waals surface area contributed by atoms with E-state index in [1.165, 1.54) is 7.11 Å². The minimum Gasteiger partial charge on any atom is -0.493 e. The summed E-state index contributed by atoms with van der Waals surface area (Å²) >= 11 is 0. The third-order valence-corrected chi connectivity index (χ3v) is 4.57. The summed E-state index contributed by atoms with van der Waals surface area (Å²) < 4.78 is 17.4. The van der Waals surface area contributed by atoms with Gasteiger partial charge < -0.3 is 19.5 Å². The minimum atomic E-state index is -0.830. The Morgan fingerprint density at radius 2 is 1.88 bits per heavy atom. The summed E-state index contributed by atoms with van der Waals surface area (Å²) in [5.74, 6) is 1.21. The van der Waals surface area contributed by atoms with Crippen LogP contribution < -0.4 is 19.4 Å². The molecule has 2 aromatic rings. The first-order chi connectivity index (χ1) is 15.5. The van der Waals surface area contributed by atoms with Crippen molar-refractivity contribution in [3.05, 3.63) is 66.5 Å². The zero-order chi connectivity index (χ0) is 23.2. The number of methoxy groups -OCH3 is 1. The Morgan fingerprint density at radius 1 is 1.09 bits per heavy atom. The molecule has 0 aliphatic rings. The van der Waals surface area contributed by atoms with E-state index in [1.54, 1.807) is 35.2 Å². The molecule has 1 heterocycles. The molecule has 172 valence electrons. The Balaban J connectivity index is 1.76. The highest BCUT2D eigenvalue weighted by Crippen LogP contribution is 2.28. The topological polar surface area (TPSA) is 77.7 Å². The van der Waals surface area contributed by atoms with Crippen LogP contribution in [0.1, 0.15) is 45.1 Å². The van der Waals surface area contributed by atoms with E-state index in [0.717, 1.165) is 24.8 Å². The molecular weight excluding hydrogens is 408 g/mol. The van der Waals surface area contributed by atoms with E-state index < -0.39 is 6.16 Å².